The van der Waals surface area contributed by atoms with Crippen molar-refractivity contribution in [3.05, 3.63) is 11.6 Å². The van der Waals surface area contributed by atoms with E-state index in [0.29, 0.717) is 18.9 Å². The van der Waals surface area contributed by atoms with Crippen LogP contribution in [0.4, 0.5) is 0 Å². The lowest BCUT2D eigenvalue weighted by Crippen LogP contribution is -2.22. The molecule has 3 nitrogen and oxygen atoms in total. The number of rotatable bonds is 8. The van der Waals surface area contributed by atoms with Gasteiger partial charge in [0.1, 0.15) is 6.61 Å². The van der Waals surface area contributed by atoms with Gasteiger partial charge in [0.2, 0.25) is 0 Å². The van der Waals surface area contributed by atoms with Gasteiger partial charge in [-0.2, -0.15) is 0 Å². The molecule has 1 rings (SSSR count). The maximum absolute atomic E-state index is 11.8. The summed E-state index contributed by atoms with van der Waals surface area (Å²) < 4.78 is 5.23. The fraction of sp³-hybridized carbons (Fsp3) is 0.857. The molecule has 0 saturated heterocycles. The predicted molar refractivity (Wildman–Crippen MR) is 104 cm³/mol. The summed E-state index contributed by atoms with van der Waals surface area (Å²) >= 11 is 0. The van der Waals surface area contributed by atoms with Gasteiger partial charge >= 0.3 is 5.97 Å². The van der Waals surface area contributed by atoms with Crippen molar-refractivity contribution in [3.63, 3.8) is 0 Å². The summed E-state index contributed by atoms with van der Waals surface area (Å²) in [4.78, 5) is 11.8. The summed E-state index contributed by atoms with van der Waals surface area (Å²) in [5.41, 5.74) is 1.16. The number of unbranched alkanes of at least 4 members (excludes halogenated alkanes) is 2. The van der Waals surface area contributed by atoms with Gasteiger partial charge in [0.25, 0.3) is 0 Å². The minimum absolute atomic E-state index is 0.123. The number of carbonyl (C=O) groups excluding carboxylic acids is 1. The Hall–Kier alpha value is -0.830. The van der Waals surface area contributed by atoms with E-state index in [0.717, 1.165) is 31.3 Å². The molecule has 1 aliphatic carbocycles. The molecule has 24 heavy (non-hydrogen) atoms. The molecule has 1 N–H and O–H groups in total. The van der Waals surface area contributed by atoms with Crippen molar-refractivity contribution in [1.82, 2.24) is 0 Å². The second kappa shape index (κ2) is 17.0. The second-order valence-electron chi connectivity index (χ2n) is 6.23. The fourth-order valence-corrected chi connectivity index (χ4v) is 3.01. The van der Waals surface area contributed by atoms with E-state index in [1.807, 2.05) is 47.6 Å². The van der Waals surface area contributed by atoms with E-state index in [4.69, 9.17) is 4.74 Å². The maximum atomic E-state index is 11.8. The summed E-state index contributed by atoms with van der Waals surface area (Å²) in [6.45, 7) is 14.5. The number of hydrogen-bond donors (Lipinski definition) is 1. The number of esters is 1. The largest absolute Gasteiger partial charge is 0.461 e. The van der Waals surface area contributed by atoms with E-state index < -0.39 is 0 Å². The molecular weight excluding hydrogens is 300 g/mol. The summed E-state index contributed by atoms with van der Waals surface area (Å²) in [7, 11) is 0. The Labute approximate surface area is 150 Å². The van der Waals surface area contributed by atoms with E-state index in [1.54, 1.807) is 0 Å². The van der Waals surface area contributed by atoms with Crippen LogP contribution in [0.3, 0.4) is 0 Å². The normalized spacial score (nSPS) is 21.8. The van der Waals surface area contributed by atoms with Crippen molar-refractivity contribution in [2.45, 2.75) is 99.5 Å². The molecule has 144 valence electrons. The smallest absolute Gasteiger partial charge is 0.306 e. The Balaban J connectivity index is 0. The molecule has 0 radical (unpaired) electrons. The third-order valence-electron chi connectivity index (χ3n) is 4.24. The fourth-order valence-electron chi connectivity index (χ4n) is 3.01. The highest BCUT2D eigenvalue weighted by Gasteiger charge is 2.35. The minimum Gasteiger partial charge on any atom is -0.461 e. The van der Waals surface area contributed by atoms with Gasteiger partial charge in [0.15, 0.2) is 0 Å². The average Bonchev–Trinajstić information content (AvgIpc) is 2.91. The van der Waals surface area contributed by atoms with Gasteiger partial charge in [0.05, 0.1) is 6.10 Å². The van der Waals surface area contributed by atoms with Gasteiger partial charge in [-0.1, -0.05) is 59.5 Å². The number of hydrogen-bond acceptors (Lipinski definition) is 3. The molecule has 3 atom stereocenters. The van der Waals surface area contributed by atoms with Crippen LogP contribution in [-0.4, -0.2) is 23.8 Å². The Kier molecular flexibility index (Phi) is 18.0. The molecule has 1 aliphatic rings. The van der Waals surface area contributed by atoms with Gasteiger partial charge in [-0.15, -0.1) is 0 Å². The van der Waals surface area contributed by atoms with Gasteiger partial charge in [-0.25, -0.2) is 0 Å². The van der Waals surface area contributed by atoms with Crippen molar-refractivity contribution in [2.75, 3.05) is 6.61 Å². The number of allylic oxidation sites excluding steroid dienone is 1. The van der Waals surface area contributed by atoms with Crippen molar-refractivity contribution in [2.24, 2.45) is 11.8 Å². The molecule has 0 aromatic rings. The summed E-state index contributed by atoms with van der Waals surface area (Å²) in [6, 6.07) is 0. The topological polar surface area (TPSA) is 46.5 Å². The van der Waals surface area contributed by atoms with Crippen LogP contribution in [0, 0.1) is 11.8 Å². The monoisotopic (exact) mass is 342 g/mol. The minimum atomic E-state index is -0.220. The molecule has 0 aromatic heterocycles. The molecule has 1 fully saturated rings. The molecular formula is C21H42O3. The van der Waals surface area contributed by atoms with E-state index in [9.17, 15) is 9.90 Å². The van der Waals surface area contributed by atoms with Crippen LogP contribution in [-0.2, 0) is 9.53 Å². The molecule has 0 amide bonds. The van der Waals surface area contributed by atoms with Crippen molar-refractivity contribution in [3.8, 4) is 0 Å². The SMILES string of the molecule is CC.CC.CCCCCC1C(O)CCC1CC(=O)OCC=C(C)C. The lowest BCUT2D eigenvalue weighted by Gasteiger charge is -2.21. The van der Waals surface area contributed by atoms with E-state index in [2.05, 4.69) is 6.92 Å². The zero-order valence-corrected chi connectivity index (χ0v) is 17.2. The lowest BCUT2D eigenvalue weighted by atomic mass is 9.87. The van der Waals surface area contributed by atoms with Crippen LogP contribution in [0.5, 0.6) is 0 Å². The molecule has 3 heteroatoms. The van der Waals surface area contributed by atoms with Crippen LogP contribution < -0.4 is 0 Å². The number of aliphatic hydroxyl groups excluding tert-OH is 1. The quantitative estimate of drug-likeness (QED) is 0.339. The van der Waals surface area contributed by atoms with Gasteiger partial charge in [0, 0.05) is 6.42 Å². The molecule has 0 spiro atoms. The van der Waals surface area contributed by atoms with Crippen LogP contribution in [0.1, 0.15) is 93.4 Å². The first-order chi connectivity index (χ1) is 11.5. The Bertz CT molecular complexity index is 319. The van der Waals surface area contributed by atoms with E-state index >= 15 is 0 Å². The second-order valence-corrected chi connectivity index (χ2v) is 6.23. The number of ether oxygens (including phenoxy) is 1. The van der Waals surface area contributed by atoms with Gasteiger partial charge in [-0.05, 0) is 51.0 Å². The van der Waals surface area contributed by atoms with Gasteiger partial charge < -0.3 is 9.84 Å². The molecule has 0 heterocycles. The third kappa shape index (κ3) is 11.7. The van der Waals surface area contributed by atoms with Crippen molar-refractivity contribution >= 4 is 5.97 Å². The van der Waals surface area contributed by atoms with Crippen LogP contribution >= 0.6 is 0 Å². The first-order valence-corrected chi connectivity index (χ1v) is 10.0. The lowest BCUT2D eigenvalue weighted by molar-refractivity contribution is -0.144. The highest BCUT2D eigenvalue weighted by Crippen LogP contribution is 2.38. The maximum Gasteiger partial charge on any atom is 0.306 e. The molecule has 3 unspecified atom stereocenters. The Morgan fingerprint density at radius 3 is 2.29 bits per heavy atom. The van der Waals surface area contributed by atoms with Crippen molar-refractivity contribution < 1.29 is 14.6 Å². The number of aliphatic hydroxyl groups is 1. The molecule has 0 aromatic carbocycles. The highest BCUT2D eigenvalue weighted by molar-refractivity contribution is 5.69. The number of carbonyl (C=O) groups is 1. The van der Waals surface area contributed by atoms with Gasteiger partial charge in [-0.3, -0.25) is 4.79 Å². The zero-order valence-electron chi connectivity index (χ0n) is 17.2. The Morgan fingerprint density at radius 1 is 1.12 bits per heavy atom. The molecule has 0 aliphatic heterocycles. The summed E-state index contributed by atoms with van der Waals surface area (Å²) in [6.07, 6.45) is 8.55. The van der Waals surface area contributed by atoms with Crippen LogP contribution in [0.2, 0.25) is 0 Å². The average molecular weight is 343 g/mol. The predicted octanol–water partition coefficient (Wildman–Crippen LogP) is 5.91. The van der Waals surface area contributed by atoms with E-state index in [1.165, 1.54) is 12.8 Å². The Morgan fingerprint density at radius 2 is 1.75 bits per heavy atom. The molecule has 0 bridgehead atoms. The standard InChI is InChI=1S/C17H30O3.2C2H6/c1-4-5-6-7-15-14(8-9-16(15)18)12-17(19)20-11-10-13(2)3;2*1-2/h10,14-16,18H,4-9,11-12H2,1-3H3;2*1-2H3. The summed E-state index contributed by atoms with van der Waals surface area (Å²) in [5.74, 6) is 0.473. The first kappa shape index (κ1) is 25.4. The summed E-state index contributed by atoms with van der Waals surface area (Å²) in [5, 5.41) is 10.1. The molecule has 1 saturated carbocycles. The van der Waals surface area contributed by atoms with Crippen LogP contribution in [0.25, 0.3) is 0 Å². The van der Waals surface area contributed by atoms with Crippen molar-refractivity contribution in [1.29, 1.82) is 0 Å². The highest BCUT2D eigenvalue weighted by atomic mass is 16.5. The zero-order chi connectivity index (χ0) is 19.0. The first-order valence-electron chi connectivity index (χ1n) is 10.0. The van der Waals surface area contributed by atoms with E-state index in [-0.39, 0.29) is 18.0 Å². The van der Waals surface area contributed by atoms with Crippen LogP contribution in [0.15, 0.2) is 11.6 Å². The third-order valence-corrected chi connectivity index (χ3v) is 4.24.